The van der Waals surface area contributed by atoms with Gasteiger partial charge in [0.25, 0.3) is 5.56 Å². The fraction of sp³-hybridized carbons (Fsp3) is 0.542. The van der Waals surface area contributed by atoms with Gasteiger partial charge in [0.05, 0.1) is 6.61 Å². The summed E-state index contributed by atoms with van der Waals surface area (Å²) in [5.41, 5.74) is 0.0589. The quantitative estimate of drug-likeness (QED) is 0.293. The summed E-state index contributed by atoms with van der Waals surface area (Å²) in [6.45, 7) is 9.39. The molecule has 3 N–H and O–H groups in total. The molecule has 1 aromatic heterocycles. The van der Waals surface area contributed by atoms with Crippen molar-refractivity contribution in [1.82, 2.24) is 15.2 Å². The van der Waals surface area contributed by atoms with Gasteiger partial charge in [-0.25, -0.2) is 4.79 Å². The summed E-state index contributed by atoms with van der Waals surface area (Å²) in [6.07, 6.45) is 4.18. The Morgan fingerprint density at radius 1 is 1.15 bits per heavy atom. The van der Waals surface area contributed by atoms with Crippen LogP contribution in [-0.4, -0.2) is 47.5 Å². The number of nitrogens with zero attached hydrogens (tertiary/aromatic N) is 1. The van der Waals surface area contributed by atoms with Crippen LogP contribution in [0.4, 0.5) is 5.69 Å². The minimum Gasteiger partial charge on any atom is -0.463 e. The molecule has 0 bridgehead atoms. The van der Waals surface area contributed by atoms with Gasteiger partial charge in [0, 0.05) is 25.2 Å². The zero-order valence-corrected chi connectivity index (χ0v) is 20.6. The Balaban J connectivity index is 2.88. The van der Waals surface area contributed by atoms with Crippen molar-refractivity contribution in [3.63, 3.8) is 0 Å². The van der Waals surface area contributed by atoms with E-state index in [2.05, 4.69) is 29.8 Å². The summed E-state index contributed by atoms with van der Waals surface area (Å²) in [7, 11) is 0. The fourth-order valence-electron chi connectivity index (χ4n) is 3.03. The molecule has 0 saturated heterocycles. The van der Waals surface area contributed by atoms with Crippen LogP contribution in [0, 0.1) is 12.8 Å². The number of carbonyl (C=O) groups excluding carboxylic acids is 4. The molecule has 188 valence electrons. The highest BCUT2D eigenvalue weighted by Crippen LogP contribution is 2.07. The van der Waals surface area contributed by atoms with E-state index in [-0.39, 0.29) is 31.2 Å². The molecule has 0 saturated carbocycles. The largest absolute Gasteiger partial charge is 0.463 e. The zero-order chi connectivity index (χ0) is 25.7. The Morgan fingerprint density at radius 3 is 2.47 bits per heavy atom. The third kappa shape index (κ3) is 10.5. The van der Waals surface area contributed by atoms with Crippen molar-refractivity contribution in [2.24, 2.45) is 5.92 Å². The first-order chi connectivity index (χ1) is 16.0. The number of rotatable bonds is 13. The molecule has 0 aliphatic heterocycles. The van der Waals surface area contributed by atoms with E-state index in [9.17, 15) is 24.0 Å². The van der Waals surface area contributed by atoms with Gasteiger partial charge in [0.1, 0.15) is 18.3 Å². The van der Waals surface area contributed by atoms with Crippen molar-refractivity contribution in [3.05, 3.63) is 40.3 Å². The second-order valence-corrected chi connectivity index (χ2v) is 8.29. The van der Waals surface area contributed by atoms with Crippen molar-refractivity contribution in [1.29, 1.82) is 0 Å². The average Bonchev–Trinajstić information content (AvgIpc) is 2.75. The molecule has 34 heavy (non-hydrogen) atoms. The van der Waals surface area contributed by atoms with Gasteiger partial charge in [-0.15, -0.1) is 0 Å². The lowest BCUT2D eigenvalue weighted by Crippen LogP contribution is -2.44. The number of allylic oxidation sites excluding steroid dienone is 1. The molecule has 1 heterocycles. The van der Waals surface area contributed by atoms with Crippen LogP contribution >= 0.6 is 0 Å². The van der Waals surface area contributed by atoms with Crippen molar-refractivity contribution in [3.8, 4) is 0 Å². The highest BCUT2D eigenvalue weighted by molar-refractivity contribution is 5.96. The first-order valence-electron chi connectivity index (χ1n) is 11.4. The number of aryl methyl sites for hydroxylation is 1. The molecule has 10 nitrogen and oxygen atoms in total. The lowest BCUT2D eigenvalue weighted by molar-refractivity contribution is -0.137. The smallest absolute Gasteiger partial charge is 0.330 e. The van der Waals surface area contributed by atoms with Crippen LogP contribution < -0.4 is 21.5 Å². The number of amides is 3. The van der Waals surface area contributed by atoms with Gasteiger partial charge in [-0.3, -0.25) is 19.2 Å². The maximum Gasteiger partial charge on any atom is 0.330 e. The van der Waals surface area contributed by atoms with Crippen molar-refractivity contribution in [2.75, 3.05) is 18.5 Å². The molecular weight excluding hydrogens is 440 g/mol. The molecule has 1 aromatic rings. The van der Waals surface area contributed by atoms with Gasteiger partial charge < -0.3 is 25.3 Å². The van der Waals surface area contributed by atoms with E-state index >= 15 is 0 Å². The minimum atomic E-state index is -0.919. The summed E-state index contributed by atoms with van der Waals surface area (Å²) >= 11 is 0. The summed E-state index contributed by atoms with van der Waals surface area (Å²) in [5, 5.41) is 7.89. The molecular formula is C24H36N4O6. The third-order valence-electron chi connectivity index (χ3n) is 4.85. The number of ether oxygens (including phenoxy) is 1. The summed E-state index contributed by atoms with van der Waals surface area (Å²) < 4.78 is 6.08. The Kier molecular flexibility index (Phi) is 12.3. The first-order valence-corrected chi connectivity index (χ1v) is 11.4. The van der Waals surface area contributed by atoms with Gasteiger partial charge in [-0.1, -0.05) is 19.9 Å². The van der Waals surface area contributed by atoms with Gasteiger partial charge in [0.15, 0.2) is 0 Å². The third-order valence-corrected chi connectivity index (χ3v) is 4.85. The Bertz CT molecular complexity index is 951. The SMILES string of the molecule is CCOC(=O)C=CCCC(NC(C)=O)C(=O)Nc1ccc(C)n(CC(=O)NCCC(C)C)c1=O. The maximum atomic E-state index is 12.9. The summed E-state index contributed by atoms with van der Waals surface area (Å²) in [6, 6.07) is 2.18. The molecule has 1 atom stereocenters. The fourth-order valence-corrected chi connectivity index (χ4v) is 3.03. The number of esters is 1. The van der Waals surface area contributed by atoms with Crippen LogP contribution in [0.5, 0.6) is 0 Å². The van der Waals surface area contributed by atoms with Gasteiger partial charge in [-0.05, 0) is 51.2 Å². The number of hydrogen-bond donors (Lipinski definition) is 3. The molecule has 0 aromatic carbocycles. The zero-order valence-electron chi connectivity index (χ0n) is 20.6. The topological polar surface area (TPSA) is 136 Å². The van der Waals surface area contributed by atoms with Gasteiger partial charge in [-0.2, -0.15) is 0 Å². The molecule has 10 heteroatoms. The van der Waals surface area contributed by atoms with Crippen LogP contribution in [0.2, 0.25) is 0 Å². The second-order valence-electron chi connectivity index (χ2n) is 8.29. The van der Waals surface area contributed by atoms with Crippen molar-refractivity contribution >= 4 is 29.4 Å². The van der Waals surface area contributed by atoms with E-state index in [0.717, 1.165) is 6.42 Å². The van der Waals surface area contributed by atoms with Crippen LogP contribution in [0.3, 0.4) is 0 Å². The van der Waals surface area contributed by atoms with E-state index in [1.807, 2.05) is 0 Å². The van der Waals surface area contributed by atoms with E-state index in [4.69, 9.17) is 4.74 Å². The first kappa shape index (κ1) is 28.6. The molecule has 1 unspecified atom stereocenters. The summed E-state index contributed by atoms with van der Waals surface area (Å²) in [5.74, 6) is -1.32. The Morgan fingerprint density at radius 2 is 1.85 bits per heavy atom. The minimum absolute atomic E-state index is 0.00278. The second kappa shape index (κ2) is 14.7. The maximum absolute atomic E-state index is 12.9. The van der Waals surface area contributed by atoms with Gasteiger partial charge >= 0.3 is 5.97 Å². The monoisotopic (exact) mass is 476 g/mol. The lowest BCUT2D eigenvalue weighted by atomic mass is 10.1. The van der Waals surface area contributed by atoms with Crippen LogP contribution in [0.15, 0.2) is 29.1 Å². The standard InChI is InChI=1S/C24H36N4O6/c1-6-34-22(31)10-8-7-9-19(26-18(5)29)23(32)27-20-12-11-17(4)28(24(20)33)15-21(30)25-14-13-16(2)3/h8,10-12,16,19H,6-7,9,13-15H2,1-5H3,(H,25,30)(H,26,29)(H,27,32). The highest BCUT2D eigenvalue weighted by Gasteiger charge is 2.21. The Hall–Kier alpha value is -3.43. The Labute approximate surface area is 200 Å². The molecule has 0 radical (unpaired) electrons. The predicted molar refractivity (Wildman–Crippen MR) is 129 cm³/mol. The molecule has 0 aliphatic carbocycles. The van der Waals surface area contributed by atoms with E-state index in [0.29, 0.717) is 24.6 Å². The van der Waals surface area contributed by atoms with Gasteiger partial charge in [0.2, 0.25) is 17.7 Å². The molecule has 1 rings (SSSR count). The van der Waals surface area contributed by atoms with E-state index in [1.165, 1.54) is 23.6 Å². The number of hydrogen-bond acceptors (Lipinski definition) is 6. The van der Waals surface area contributed by atoms with Crippen molar-refractivity contribution in [2.45, 2.75) is 66.5 Å². The average molecular weight is 477 g/mol. The number of anilines is 1. The predicted octanol–water partition coefficient (Wildman–Crippen LogP) is 1.66. The van der Waals surface area contributed by atoms with Crippen LogP contribution in [-0.2, 0) is 30.5 Å². The van der Waals surface area contributed by atoms with Crippen molar-refractivity contribution < 1.29 is 23.9 Å². The number of nitrogens with one attached hydrogen (secondary N) is 3. The van der Waals surface area contributed by atoms with Crippen LogP contribution in [0.1, 0.15) is 52.7 Å². The molecule has 0 fully saturated rings. The molecule has 0 aliphatic rings. The number of pyridine rings is 1. The number of carbonyl (C=O) groups is 4. The number of aromatic nitrogens is 1. The molecule has 0 spiro atoms. The summed E-state index contributed by atoms with van der Waals surface area (Å²) in [4.78, 5) is 60.9. The van der Waals surface area contributed by atoms with Crippen LogP contribution in [0.25, 0.3) is 0 Å². The lowest BCUT2D eigenvalue weighted by Gasteiger charge is -2.18. The normalized spacial score (nSPS) is 11.8. The van der Waals surface area contributed by atoms with E-state index in [1.54, 1.807) is 26.0 Å². The van der Waals surface area contributed by atoms with E-state index < -0.39 is 29.4 Å². The highest BCUT2D eigenvalue weighted by atomic mass is 16.5. The molecule has 3 amide bonds.